The number of halogens is 1. The molecule has 0 spiro atoms. The van der Waals surface area contributed by atoms with Crippen LogP contribution in [-0.4, -0.2) is 31.2 Å². The van der Waals surface area contributed by atoms with Crippen molar-refractivity contribution in [1.29, 1.82) is 0 Å². The van der Waals surface area contributed by atoms with E-state index in [1.165, 1.54) is 0 Å². The highest BCUT2D eigenvalue weighted by atomic mass is 79.9. The number of hydrogen-bond donors (Lipinski definition) is 2. The summed E-state index contributed by atoms with van der Waals surface area (Å²) in [5.74, 6) is -0.101. The van der Waals surface area contributed by atoms with E-state index in [2.05, 4.69) is 33.5 Å². The first-order valence-corrected chi connectivity index (χ1v) is 8.37. The van der Waals surface area contributed by atoms with Gasteiger partial charge in [0.15, 0.2) is 0 Å². The molecule has 2 N–H and O–H groups in total. The fourth-order valence-corrected chi connectivity index (χ4v) is 3.05. The zero-order valence-electron chi connectivity index (χ0n) is 12.4. The average molecular weight is 355 g/mol. The summed E-state index contributed by atoms with van der Waals surface area (Å²) in [6.45, 7) is 3.27. The predicted molar refractivity (Wildman–Crippen MR) is 88.4 cm³/mol. The normalized spacial score (nSPS) is 22.0. The molecular weight excluding hydrogens is 332 g/mol. The molecule has 0 heterocycles. The Balaban J connectivity index is 1.69. The topological polar surface area (TPSA) is 50.4 Å². The van der Waals surface area contributed by atoms with E-state index in [0.29, 0.717) is 6.04 Å². The molecule has 1 saturated carbocycles. The number of anilines is 1. The Labute approximate surface area is 134 Å². The van der Waals surface area contributed by atoms with Crippen LogP contribution >= 0.6 is 15.9 Å². The van der Waals surface area contributed by atoms with Gasteiger partial charge >= 0.3 is 0 Å². The van der Waals surface area contributed by atoms with Crippen molar-refractivity contribution in [2.45, 2.75) is 44.8 Å². The number of carbonyl (C=O) groups excluding carboxylic acids is 1. The van der Waals surface area contributed by atoms with Crippen LogP contribution in [0, 0.1) is 0 Å². The van der Waals surface area contributed by atoms with E-state index in [4.69, 9.17) is 4.74 Å². The van der Waals surface area contributed by atoms with Gasteiger partial charge in [-0.3, -0.25) is 4.79 Å². The highest BCUT2D eigenvalue weighted by Crippen LogP contribution is 2.22. The van der Waals surface area contributed by atoms with Crippen LogP contribution in [0.3, 0.4) is 0 Å². The van der Waals surface area contributed by atoms with Gasteiger partial charge in [0.25, 0.3) is 0 Å². The van der Waals surface area contributed by atoms with E-state index in [0.717, 1.165) is 42.4 Å². The Morgan fingerprint density at radius 3 is 2.67 bits per heavy atom. The third kappa shape index (κ3) is 5.41. The molecule has 1 aliphatic carbocycles. The minimum absolute atomic E-state index is 0.101. The molecule has 116 valence electrons. The lowest BCUT2D eigenvalue weighted by molar-refractivity contribution is -0.123. The van der Waals surface area contributed by atoms with Crippen molar-refractivity contribution < 1.29 is 9.53 Å². The summed E-state index contributed by atoms with van der Waals surface area (Å²) in [6.07, 6.45) is 4.53. The maximum absolute atomic E-state index is 11.9. The van der Waals surface area contributed by atoms with Crippen LogP contribution in [0.25, 0.3) is 0 Å². The first-order chi connectivity index (χ1) is 10.2. The molecule has 21 heavy (non-hydrogen) atoms. The van der Waals surface area contributed by atoms with Gasteiger partial charge in [-0.1, -0.05) is 19.1 Å². The van der Waals surface area contributed by atoms with Gasteiger partial charge in [-0.2, -0.15) is 0 Å². The zero-order valence-corrected chi connectivity index (χ0v) is 14.0. The first kappa shape index (κ1) is 16.5. The third-order valence-corrected chi connectivity index (χ3v) is 4.46. The lowest BCUT2D eigenvalue weighted by atomic mass is 9.93. The van der Waals surface area contributed by atoms with E-state index in [-0.39, 0.29) is 18.6 Å². The Morgan fingerprint density at radius 1 is 1.29 bits per heavy atom. The van der Waals surface area contributed by atoms with Crippen LogP contribution < -0.4 is 10.6 Å². The molecule has 1 aromatic carbocycles. The maximum atomic E-state index is 11.9. The molecule has 0 aromatic heterocycles. The molecule has 1 amide bonds. The maximum Gasteiger partial charge on any atom is 0.250 e. The van der Waals surface area contributed by atoms with Crippen molar-refractivity contribution in [3.05, 3.63) is 28.7 Å². The number of nitrogens with one attached hydrogen (secondary N) is 2. The minimum atomic E-state index is -0.101. The Bertz CT molecular complexity index is 459. The molecule has 4 nitrogen and oxygen atoms in total. The van der Waals surface area contributed by atoms with Crippen LogP contribution in [0.15, 0.2) is 28.7 Å². The van der Waals surface area contributed by atoms with E-state index in [1.54, 1.807) is 0 Å². The summed E-state index contributed by atoms with van der Waals surface area (Å²) < 4.78 is 6.61. The van der Waals surface area contributed by atoms with Gasteiger partial charge in [-0.05, 0) is 60.3 Å². The highest BCUT2D eigenvalue weighted by Gasteiger charge is 2.21. The number of carbonyl (C=O) groups is 1. The number of benzene rings is 1. The average Bonchev–Trinajstić information content (AvgIpc) is 2.49. The molecule has 0 aliphatic heterocycles. The SMILES string of the molecule is CCNC1CCC(OCC(=O)Nc2ccccc2Br)CC1. The molecule has 1 fully saturated rings. The van der Waals surface area contributed by atoms with E-state index >= 15 is 0 Å². The van der Waals surface area contributed by atoms with Crippen molar-refractivity contribution in [3.63, 3.8) is 0 Å². The summed E-state index contributed by atoms with van der Waals surface area (Å²) in [5.41, 5.74) is 0.780. The molecule has 0 bridgehead atoms. The number of para-hydroxylation sites is 1. The van der Waals surface area contributed by atoms with Gasteiger partial charge in [0, 0.05) is 10.5 Å². The molecule has 0 unspecified atom stereocenters. The zero-order chi connectivity index (χ0) is 15.1. The van der Waals surface area contributed by atoms with Gasteiger partial charge in [-0.15, -0.1) is 0 Å². The van der Waals surface area contributed by atoms with Gasteiger partial charge in [0.1, 0.15) is 6.61 Å². The Hall–Kier alpha value is -0.910. The molecule has 0 radical (unpaired) electrons. The van der Waals surface area contributed by atoms with E-state index in [1.807, 2.05) is 24.3 Å². The molecule has 2 rings (SSSR count). The first-order valence-electron chi connectivity index (χ1n) is 7.58. The molecule has 0 saturated heterocycles. The lowest BCUT2D eigenvalue weighted by Crippen LogP contribution is -2.36. The van der Waals surface area contributed by atoms with Crippen molar-refractivity contribution in [3.8, 4) is 0 Å². The minimum Gasteiger partial charge on any atom is -0.368 e. The second kappa shape index (κ2) is 8.51. The molecule has 1 aliphatic rings. The summed E-state index contributed by atoms with van der Waals surface area (Å²) in [7, 11) is 0. The molecule has 0 atom stereocenters. The van der Waals surface area contributed by atoms with Crippen molar-refractivity contribution >= 4 is 27.5 Å². The number of hydrogen-bond acceptors (Lipinski definition) is 3. The summed E-state index contributed by atoms with van der Waals surface area (Å²) in [6, 6.07) is 8.19. The quantitative estimate of drug-likeness (QED) is 0.823. The summed E-state index contributed by atoms with van der Waals surface area (Å²) >= 11 is 3.41. The van der Waals surface area contributed by atoms with Gasteiger partial charge in [-0.25, -0.2) is 0 Å². The summed E-state index contributed by atoms with van der Waals surface area (Å²) in [4.78, 5) is 11.9. The number of rotatable bonds is 6. The third-order valence-electron chi connectivity index (χ3n) is 3.77. The fraction of sp³-hybridized carbons (Fsp3) is 0.562. The van der Waals surface area contributed by atoms with Crippen LogP contribution in [0.2, 0.25) is 0 Å². The van der Waals surface area contributed by atoms with Gasteiger partial charge in [0.2, 0.25) is 5.91 Å². The van der Waals surface area contributed by atoms with Crippen molar-refractivity contribution in [1.82, 2.24) is 5.32 Å². The van der Waals surface area contributed by atoms with E-state index < -0.39 is 0 Å². The second-order valence-electron chi connectivity index (χ2n) is 5.37. The van der Waals surface area contributed by atoms with Crippen molar-refractivity contribution in [2.75, 3.05) is 18.5 Å². The smallest absolute Gasteiger partial charge is 0.250 e. The van der Waals surface area contributed by atoms with Crippen LogP contribution in [0.5, 0.6) is 0 Å². The monoisotopic (exact) mass is 354 g/mol. The molecular formula is C16H23BrN2O2. The highest BCUT2D eigenvalue weighted by molar-refractivity contribution is 9.10. The lowest BCUT2D eigenvalue weighted by Gasteiger charge is -2.28. The Kier molecular flexibility index (Phi) is 6.67. The van der Waals surface area contributed by atoms with Crippen molar-refractivity contribution in [2.24, 2.45) is 0 Å². The summed E-state index contributed by atoms with van der Waals surface area (Å²) in [5, 5.41) is 6.32. The second-order valence-corrected chi connectivity index (χ2v) is 6.22. The number of ether oxygens (including phenoxy) is 1. The number of amides is 1. The largest absolute Gasteiger partial charge is 0.368 e. The van der Waals surface area contributed by atoms with E-state index in [9.17, 15) is 4.79 Å². The van der Waals surface area contributed by atoms with Crippen LogP contribution in [-0.2, 0) is 9.53 Å². The fourth-order valence-electron chi connectivity index (χ4n) is 2.66. The molecule has 1 aromatic rings. The van der Waals surface area contributed by atoms with Gasteiger partial charge in [0.05, 0.1) is 11.8 Å². The van der Waals surface area contributed by atoms with Crippen LogP contribution in [0.4, 0.5) is 5.69 Å². The Morgan fingerprint density at radius 2 is 2.00 bits per heavy atom. The standard InChI is InChI=1S/C16H23BrN2O2/c1-2-18-12-7-9-13(10-8-12)21-11-16(20)19-15-6-4-3-5-14(15)17/h3-6,12-13,18H,2,7-11H2,1H3,(H,19,20). The predicted octanol–water partition coefficient (Wildman–Crippen LogP) is 3.32. The van der Waals surface area contributed by atoms with Crippen LogP contribution in [0.1, 0.15) is 32.6 Å². The molecule has 5 heteroatoms. The van der Waals surface area contributed by atoms with Gasteiger partial charge < -0.3 is 15.4 Å².